The molecule has 0 heterocycles. The van der Waals surface area contributed by atoms with Crippen LogP contribution in [0.2, 0.25) is 0 Å². The summed E-state index contributed by atoms with van der Waals surface area (Å²) >= 11 is 0. The van der Waals surface area contributed by atoms with E-state index in [2.05, 4.69) is 40.0 Å². The summed E-state index contributed by atoms with van der Waals surface area (Å²) < 4.78 is 118. The molecule has 0 aliphatic carbocycles. The molecule has 0 radical (unpaired) electrons. The summed E-state index contributed by atoms with van der Waals surface area (Å²) in [5.74, 6) is 0. The normalized spacial score (nSPS) is 19.2. The van der Waals surface area contributed by atoms with Crippen LogP contribution in [0.4, 0.5) is 50.4 Å². The van der Waals surface area contributed by atoms with Crippen molar-refractivity contribution in [1.29, 1.82) is 0 Å². The van der Waals surface area contributed by atoms with Crippen LogP contribution < -0.4 is 0 Å². The molecule has 0 aromatic carbocycles. The van der Waals surface area contributed by atoms with Gasteiger partial charge in [0.1, 0.15) is 0 Å². The zero-order valence-electron chi connectivity index (χ0n) is 13.7. The molecule has 0 saturated carbocycles. The SMILES string of the molecule is C[P+](C)(C)CC[P+](C)(C)C.F[P-](F)(F)(F)(F)F.F[P-](F)(F)(F)(F)F. The van der Waals surface area contributed by atoms with Gasteiger partial charge in [0, 0.05) is 54.5 Å². The van der Waals surface area contributed by atoms with Gasteiger partial charge in [-0.25, -0.2) is 0 Å². The molecule has 0 N–H and O–H groups in total. The zero-order chi connectivity index (χ0) is 21.2. The molecule has 0 rings (SSSR count). The summed E-state index contributed by atoms with van der Waals surface area (Å²) in [4.78, 5) is 0. The van der Waals surface area contributed by atoms with Gasteiger partial charge in [-0.1, -0.05) is 0 Å². The Morgan fingerprint density at radius 1 is 0.417 bits per heavy atom. The van der Waals surface area contributed by atoms with Crippen LogP contribution in [0, 0.1) is 0 Å². The maximum absolute atomic E-state index is 10.7. The summed E-state index contributed by atoms with van der Waals surface area (Å²) in [5, 5.41) is 0. The van der Waals surface area contributed by atoms with Crippen LogP contribution in [0.3, 0.4) is 0 Å². The van der Waals surface area contributed by atoms with Gasteiger partial charge in [0.05, 0.1) is 12.3 Å². The molecule has 0 fully saturated rings. The van der Waals surface area contributed by atoms with Crippen LogP contribution in [-0.2, 0) is 0 Å². The Labute approximate surface area is 133 Å². The van der Waals surface area contributed by atoms with Crippen LogP contribution >= 0.6 is 30.1 Å². The Morgan fingerprint density at radius 2 is 0.500 bits per heavy atom. The predicted molar refractivity (Wildman–Crippen MR) is 86.3 cm³/mol. The molecule has 0 amide bonds. The fourth-order valence-electron chi connectivity index (χ4n) is 0.600. The summed E-state index contributed by atoms with van der Waals surface area (Å²) in [6, 6.07) is 0. The van der Waals surface area contributed by atoms with Crippen LogP contribution in [0.15, 0.2) is 0 Å². The predicted octanol–water partition coefficient (Wildman–Crippen LogP) is 9.57. The first-order valence-electron chi connectivity index (χ1n) is 5.84. The van der Waals surface area contributed by atoms with E-state index in [0.29, 0.717) is 0 Å². The van der Waals surface area contributed by atoms with Crippen molar-refractivity contribution in [2.75, 3.05) is 52.3 Å². The van der Waals surface area contributed by atoms with Crippen molar-refractivity contribution in [2.45, 2.75) is 0 Å². The quantitative estimate of drug-likeness (QED) is 0.285. The fraction of sp³-hybridized carbons (Fsp3) is 1.00. The van der Waals surface area contributed by atoms with Gasteiger partial charge in [-0.15, -0.1) is 0 Å². The standard InChI is InChI=1S/C8H22P2.2F6P/c1-9(2,3)7-8-10(4,5)6;2*1-7(2,3,4,5)6/h7-8H2,1-6H3;;/q+2;2*-1. The molecular weight excluding hydrogens is 448 g/mol. The third kappa shape index (κ3) is 176. The summed E-state index contributed by atoms with van der Waals surface area (Å²) in [5.41, 5.74) is 0. The van der Waals surface area contributed by atoms with E-state index in [1.54, 1.807) is 0 Å². The van der Waals surface area contributed by atoms with Crippen molar-refractivity contribution < 1.29 is 50.4 Å². The van der Waals surface area contributed by atoms with Crippen LogP contribution in [0.25, 0.3) is 0 Å². The third-order valence-electron chi connectivity index (χ3n) is 1.44. The first-order chi connectivity index (χ1) is 9.11. The summed E-state index contributed by atoms with van der Waals surface area (Å²) in [7, 11) is -22.3. The van der Waals surface area contributed by atoms with Gasteiger partial charge in [0.2, 0.25) is 0 Å². The monoisotopic (exact) mass is 470 g/mol. The van der Waals surface area contributed by atoms with Gasteiger partial charge >= 0.3 is 66.0 Å². The number of hydrogen-bond acceptors (Lipinski definition) is 0. The van der Waals surface area contributed by atoms with E-state index in [-0.39, 0.29) is 0 Å². The van der Waals surface area contributed by atoms with E-state index in [9.17, 15) is 50.4 Å². The van der Waals surface area contributed by atoms with Gasteiger partial charge in [0.25, 0.3) is 0 Å². The van der Waals surface area contributed by atoms with Crippen molar-refractivity contribution in [1.82, 2.24) is 0 Å². The molecule has 0 unspecified atom stereocenters. The minimum atomic E-state index is -10.7. The van der Waals surface area contributed by atoms with Crippen molar-refractivity contribution in [3.8, 4) is 0 Å². The Balaban J connectivity index is -0.000000283. The average Bonchev–Trinajstić information content (AvgIpc) is 1.84. The topological polar surface area (TPSA) is 0 Å². The molecule has 16 heteroatoms. The van der Waals surface area contributed by atoms with E-state index in [1.165, 1.54) is 12.3 Å². The van der Waals surface area contributed by atoms with E-state index >= 15 is 0 Å². The average molecular weight is 470 g/mol. The van der Waals surface area contributed by atoms with Crippen molar-refractivity contribution >= 4 is 30.1 Å². The molecule has 0 aromatic heterocycles. The molecule has 0 aromatic rings. The Morgan fingerprint density at radius 3 is 0.542 bits per heavy atom. The van der Waals surface area contributed by atoms with Crippen LogP contribution in [0.5, 0.6) is 0 Å². The Hall–Kier alpha value is 0.880. The molecule has 158 valence electrons. The fourth-order valence-corrected chi connectivity index (χ4v) is 5.40. The summed E-state index contributed by atoms with van der Waals surface area (Å²) in [6.45, 7) is 14.6. The molecule has 0 aliphatic heterocycles. The van der Waals surface area contributed by atoms with Gasteiger partial charge in [-0.05, 0) is 0 Å². The second-order valence-electron chi connectivity index (χ2n) is 6.94. The molecule has 0 atom stereocenters. The van der Waals surface area contributed by atoms with E-state index in [0.717, 1.165) is 0 Å². The number of hydrogen-bond donors (Lipinski definition) is 0. The molecule has 0 saturated heterocycles. The first kappa shape index (κ1) is 29.6. The molecule has 24 heavy (non-hydrogen) atoms. The second kappa shape index (κ2) is 6.21. The number of rotatable bonds is 3. The van der Waals surface area contributed by atoms with E-state index in [1.807, 2.05) is 0 Å². The molecule has 0 bridgehead atoms. The van der Waals surface area contributed by atoms with E-state index in [4.69, 9.17) is 0 Å². The first-order valence-corrected chi connectivity index (χ1v) is 16.5. The van der Waals surface area contributed by atoms with Gasteiger partial charge in [-0.3, -0.25) is 0 Å². The number of halogens is 12. The van der Waals surface area contributed by atoms with Crippen LogP contribution in [-0.4, -0.2) is 52.3 Å². The van der Waals surface area contributed by atoms with Crippen molar-refractivity contribution in [3.05, 3.63) is 0 Å². The van der Waals surface area contributed by atoms with Gasteiger partial charge < -0.3 is 0 Å². The molecule has 0 spiro atoms. The van der Waals surface area contributed by atoms with E-state index < -0.39 is 30.1 Å². The minimum absolute atomic E-state index is 0.484. The van der Waals surface area contributed by atoms with Gasteiger partial charge in [-0.2, -0.15) is 0 Å². The van der Waals surface area contributed by atoms with Crippen LogP contribution in [0.1, 0.15) is 0 Å². The van der Waals surface area contributed by atoms with Crippen molar-refractivity contribution in [3.63, 3.8) is 0 Å². The second-order valence-corrected chi connectivity index (χ2v) is 20.8. The van der Waals surface area contributed by atoms with Gasteiger partial charge in [0.15, 0.2) is 0 Å². The van der Waals surface area contributed by atoms with Crippen molar-refractivity contribution in [2.24, 2.45) is 0 Å². The Kier molecular flexibility index (Phi) is 7.66. The third-order valence-corrected chi connectivity index (χ3v) is 4.92. The molecule has 0 aliphatic rings. The maximum atomic E-state index is 9.87. The summed E-state index contributed by atoms with van der Waals surface area (Å²) in [6.07, 6.45) is 2.98. The molecule has 0 nitrogen and oxygen atoms in total. The molecular formula is C8H22F12P4. The zero-order valence-corrected chi connectivity index (χ0v) is 17.3. The Bertz CT molecular complexity index is 335.